The molecule has 0 radical (unpaired) electrons. The molecule has 0 saturated carbocycles. The molecule has 1 aliphatic rings. The molecule has 1 aliphatic heterocycles. The molecule has 0 aliphatic carbocycles. The van der Waals surface area contributed by atoms with E-state index in [1.54, 1.807) is 18.2 Å². The second-order valence-corrected chi connectivity index (χ2v) is 6.51. The van der Waals surface area contributed by atoms with E-state index in [1.807, 2.05) is 32.9 Å². The van der Waals surface area contributed by atoms with Crippen LogP contribution in [0.15, 0.2) is 30.3 Å². The third-order valence-electron chi connectivity index (χ3n) is 4.51. The fraction of sp³-hybridized carbons (Fsp3) is 0.429. The van der Waals surface area contributed by atoms with Crippen LogP contribution in [0.3, 0.4) is 0 Å². The van der Waals surface area contributed by atoms with Crippen molar-refractivity contribution in [2.24, 2.45) is 0 Å². The minimum atomic E-state index is -0.212. The summed E-state index contributed by atoms with van der Waals surface area (Å²) in [7, 11) is 0. The quantitative estimate of drug-likeness (QED) is 0.798. The molecular weight excluding hydrogens is 342 g/mol. The highest BCUT2D eigenvalue weighted by atomic mass is 16.5. The minimum Gasteiger partial charge on any atom is -0.494 e. The number of rotatable bonds is 7. The molecule has 144 valence electrons. The summed E-state index contributed by atoms with van der Waals surface area (Å²) in [4.78, 5) is 19.7. The van der Waals surface area contributed by atoms with E-state index < -0.39 is 0 Å². The van der Waals surface area contributed by atoms with Gasteiger partial charge in [-0.15, -0.1) is 0 Å². The Hall–Kier alpha value is -2.76. The number of nitrogens with zero attached hydrogens (tertiary/aromatic N) is 2. The van der Waals surface area contributed by atoms with Crippen LogP contribution in [0.1, 0.15) is 42.7 Å². The maximum absolute atomic E-state index is 12.8. The van der Waals surface area contributed by atoms with E-state index in [-0.39, 0.29) is 5.91 Å². The van der Waals surface area contributed by atoms with E-state index in [1.165, 1.54) is 12.8 Å². The third-order valence-corrected chi connectivity index (χ3v) is 4.51. The summed E-state index contributed by atoms with van der Waals surface area (Å²) >= 11 is 0. The summed E-state index contributed by atoms with van der Waals surface area (Å²) in [6, 6.07) is 9.13. The molecule has 2 aromatic rings. The van der Waals surface area contributed by atoms with Crippen molar-refractivity contribution >= 4 is 17.4 Å². The summed E-state index contributed by atoms with van der Waals surface area (Å²) in [5, 5.41) is 2.95. The van der Waals surface area contributed by atoms with Gasteiger partial charge in [0.05, 0.1) is 24.6 Å². The predicted octanol–water partition coefficient (Wildman–Crippen LogP) is 4.04. The first-order chi connectivity index (χ1) is 13.1. The predicted molar refractivity (Wildman–Crippen MR) is 107 cm³/mol. The molecule has 1 amide bonds. The Morgan fingerprint density at radius 1 is 1.07 bits per heavy atom. The molecule has 3 rings (SSSR count). The summed E-state index contributed by atoms with van der Waals surface area (Å²) in [6.45, 7) is 8.87. The van der Waals surface area contributed by atoms with Crippen LogP contribution in [0, 0.1) is 6.92 Å². The molecule has 27 heavy (non-hydrogen) atoms. The molecule has 1 saturated heterocycles. The van der Waals surface area contributed by atoms with Gasteiger partial charge in [0.15, 0.2) is 0 Å². The van der Waals surface area contributed by atoms with Crippen LogP contribution < -0.4 is 19.7 Å². The Bertz CT molecular complexity index is 777. The Morgan fingerprint density at radius 2 is 1.70 bits per heavy atom. The van der Waals surface area contributed by atoms with Crippen LogP contribution in [0.5, 0.6) is 11.5 Å². The molecule has 0 unspecified atom stereocenters. The van der Waals surface area contributed by atoms with Gasteiger partial charge in [0.2, 0.25) is 0 Å². The number of hydrogen-bond donors (Lipinski definition) is 1. The number of carbonyl (C=O) groups excluding carboxylic acids is 1. The lowest BCUT2D eigenvalue weighted by atomic mass is 10.1. The molecular formula is C21H27N3O3. The Morgan fingerprint density at radius 3 is 2.26 bits per heavy atom. The zero-order valence-electron chi connectivity index (χ0n) is 16.2. The molecule has 6 heteroatoms. The third kappa shape index (κ3) is 4.70. The average Bonchev–Trinajstić information content (AvgIpc) is 3.18. The van der Waals surface area contributed by atoms with Gasteiger partial charge in [-0.2, -0.15) is 0 Å². The van der Waals surface area contributed by atoms with E-state index >= 15 is 0 Å². The molecule has 0 atom stereocenters. The fourth-order valence-corrected chi connectivity index (χ4v) is 3.20. The van der Waals surface area contributed by atoms with Crippen molar-refractivity contribution in [2.75, 3.05) is 36.5 Å². The van der Waals surface area contributed by atoms with Crippen molar-refractivity contribution in [3.05, 3.63) is 41.6 Å². The number of ether oxygens (including phenoxy) is 2. The Balaban J connectivity index is 1.78. The summed E-state index contributed by atoms with van der Waals surface area (Å²) in [5.41, 5.74) is 2.01. The van der Waals surface area contributed by atoms with Crippen molar-refractivity contribution in [1.29, 1.82) is 0 Å². The number of aromatic nitrogens is 1. The lowest BCUT2D eigenvalue weighted by molar-refractivity contribution is 0.102. The van der Waals surface area contributed by atoms with Crippen molar-refractivity contribution in [1.82, 2.24) is 4.98 Å². The van der Waals surface area contributed by atoms with E-state index in [0.717, 1.165) is 24.6 Å². The van der Waals surface area contributed by atoms with Crippen molar-refractivity contribution in [3.8, 4) is 11.5 Å². The molecule has 1 aromatic heterocycles. The maximum atomic E-state index is 12.8. The number of aryl methyl sites for hydroxylation is 1. The van der Waals surface area contributed by atoms with E-state index in [4.69, 9.17) is 9.47 Å². The Labute approximate surface area is 160 Å². The highest BCUT2D eigenvalue weighted by Crippen LogP contribution is 2.26. The monoisotopic (exact) mass is 369 g/mol. The van der Waals surface area contributed by atoms with Gasteiger partial charge in [0.25, 0.3) is 5.91 Å². The summed E-state index contributed by atoms with van der Waals surface area (Å²) < 4.78 is 11.1. The van der Waals surface area contributed by atoms with Gasteiger partial charge in [-0.05, 0) is 57.9 Å². The number of pyridine rings is 1. The van der Waals surface area contributed by atoms with Gasteiger partial charge >= 0.3 is 0 Å². The zero-order valence-corrected chi connectivity index (χ0v) is 16.2. The van der Waals surface area contributed by atoms with E-state index in [0.29, 0.717) is 36.0 Å². The van der Waals surface area contributed by atoms with Crippen LogP contribution in [-0.2, 0) is 0 Å². The lowest BCUT2D eigenvalue weighted by Gasteiger charge is -2.18. The van der Waals surface area contributed by atoms with Gasteiger partial charge in [0.1, 0.15) is 17.3 Å². The molecule has 2 heterocycles. The van der Waals surface area contributed by atoms with Crippen LogP contribution in [0.2, 0.25) is 0 Å². The number of hydrogen-bond acceptors (Lipinski definition) is 5. The van der Waals surface area contributed by atoms with E-state index in [2.05, 4.69) is 15.2 Å². The summed E-state index contributed by atoms with van der Waals surface area (Å²) in [6.07, 6.45) is 2.41. The van der Waals surface area contributed by atoms with Crippen LogP contribution in [0.4, 0.5) is 11.5 Å². The zero-order chi connectivity index (χ0) is 19.2. The fourth-order valence-electron chi connectivity index (χ4n) is 3.20. The Kier molecular flexibility index (Phi) is 6.16. The number of anilines is 2. The maximum Gasteiger partial charge on any atom is 0.255 e. The highest BCUT2D eigenvalue weighted by Gasteiger charge is 2.16. The lowest BCUT2D eigenvalue weighted by Crippen LogP contribution is -2.20. The summed E-state index contributed by atoms with van der Waals surface area (Å²) in [5.74, 6) is 2.00. The van der Waals surface area contributed by atoms with Gasteiger partial charge in [-0.25, -0.2) is 4.98 Å². The highest BCUT2D eigenvalue weighted by molar-refractivity contribution is 6.05. The van der Waals surface area contributed by atoms with Gasteiger partial charge < -0.3 is 19.7 Å². The second-order valence-electron chi connectivity index (χ2n) is 6.51. The van der Waals surface area contributed by atoms with Crippen LogP contribution in [-0.4, -0.2) is 37.2 Å². The molecule has 1 aromatic carbocycles. The standard InChI is InChI=1S/C21H27N3O3/c1-4-26-17-12-16(13-18(14-17)27-5-2)21(25)23-19-8-9-20(22-15(19)3)24-10-6-7-11-24/h8-9,12-14H,4-7,10-11H2,1-3H3,(H,23,25). The number of nitrogens with one attached hydrogen (secondary N) is 1. The van der Waals surface area contributed by atoms with Crippen molar-refractivity contribution in [2.45, 2.75) is 33.6 Å². The van der Waals surface area contributed by atoms with Gasteiger partial charge in [-0.3, -0.25) is 4.79 Å². The number of amides is 1. The molecule has 1 fully saturated rings. The SMILES string of the molecule is CCOc1cc(OCC)cc(C(=O)Nc2ccc(N3CCCC3)nc2C)c1. The largest absolute Gasteiger partial charge is 0.494 e. The van der Waals surface area contributed by atoms with E-state index in [9.17, 15) is 4.79 Å². The van der Waals surface area contributed by atoms with Crippen LogP contribution >= 0.6 is 0 Å². The molecule has 0 spiro atoms. The second kappa shape index (κ2) is 8.75. The minimum absolute atomic E-state index is 0.212. The average molecular weight is 369 g/mol. The normalized spacial score (nSPS) is 13.5. The first-order valence-corrected chi connectivity index (χ1v) is 9.55. The van der Waals surface area contributed by atoms with Gasteiger partial charge in [-0.1, -0.05) is 0 Å². The topological polar surface area (TPSA) is 63.7 Å². The smallest absolute Gasteiger partial charge is 0.255 e. The van der Waals surface area contributed by atoms with Crippen molar-refractivity contribution < 1.29 is 14.3 Å². The number of carbonyl (C=O) groups is 1. The molecule has 1 N–H and O–H groups in total. The van der Waals surface area contributed by atoms with Crippen LogP contribution in [0.25, 0.3) is 0 Å². The van der Waals surface area contributed by atoms with Gasteiger partial charge in [0, 0.05) is 24.7 Å². The molecule has 6 nitrogen and oxygen atoms in total. The number of benzene rings is 1. The first kappa shape index (κ1) is 19.0. The van der Waals surface area contributed by atoms with Crippen molar-refractivity contribution in [3.63, 3.8) is 0 Å². The molecule has 0 bridgehead atoms. The first-order valence-electron chi connectivity index (χ1n) is 9.55.